The number of rotatable bonds is 6. The molecule has 0 N–H and O–H groups in total. The molecule has 0 saturated carbocycles. The number of hydrogen-bond acceptors (Lipinski definition) is 4. The molecule has 1 heterocycles. The number of sulfonamides is 1. The van der Waals surface area contributed by atoms with Crippen LogP contribution in [0.4, 0.5) is 4.39 Å². The minimum absolute atomic E-state index is 0.0523. The Morgan fingerprint density at radius 1 is 1.19 bits per heavy atom. The second-order valence-electron chi connectivity index (χ2n) is 7.67. The number of hydrogen-bond donors (Lipinski definition) is 0. The lowest BCUT2D eigenvalue weighted by Gasteiger charge is -2.34. The van der Waals surface area contributed by atoms with Crippen molar-refractivity contribution in [2.45, 2.75) is 44.4 Å². The van der Waals surface area contributed by atoms with E-state index in [1.54, 1.807) is 19.1 Å². The molecule has 2 aromatic carbocycles. The lowest BCUT2D eigenvalue weighted by Crippen LogP contribution is -2.48. The van der Waals surface area contributed by atoms with Crippen molar-refractivity contribution in [2.24, 2.45) is 0 Å². The number of carbonyl (C=O) groups excluding carboxylic acids is 1. The molecule has 9 heteroatoms. The Balaban J connectivity index is 1.89. The summed E-state index contributed by atoms with van der Waals surface area (Å²) in [6.07, 6.45) is -0.493. The Morgan fingerprint density at radius 2 is 1.87 bits per heavy atom. The van der Waals surface area contributed by atoms with Crippen molar-refractivity contribution in [3.63, 3.8) is 0 Å². The second-order valence-corrected chi connectivity index (χ2v) is 9.99. The molecule has 2 aromatic rings. The standard InChI is InChI=1S/C22H26ClFN2O4S/c1-4-25(14-17-6-5-7-19(24)10-17)22(27)18-8-9-20(23)21(11-18)31(28,29)26-12-15(2)30-16(3)13-26/h5-11,15-16H,4,12-14H2,1-3H3. The molecule has 3 rings (SSSR count). The van der Waals surface area contributed by atoms with Gasteiger partial charge in [-0.3, -0.25) is 4.79 Å². The first kappa shape index (κ1) is 23.7. The van der Waals surface area contributed by atoms with Gasteiger partial charge in [0.2, 0.25) is 10.0 Å². The van der Waals surface area contributed by atoms with E-state index in [4.69, 9.17) is 16.3 Å². The molecule has 0 bridgehead atoms. The molecule has 31 heavy (non-hydrogen) atoms. The maximum atomic E-state index is 13.5. The van der Waals surface area contributed by atoms with Gasteiger partial charge in [0.1, 0.15) is 10.7 Å². The first-order valence-corrected chi connectivity index (χ1v) is 11.9. The van der Waals surface area contributed by atoms with E-state index in [1.165, 1.54) is 39.5 Å². The first-order chi connectivity index (χ1) is 14.6. The zero-order valence-corrected chi connectivity index (χ0v) is 19.3. The average Bonchev–Trinajstić information content (AvgIpc) is 2.71. The normalized spacial score (nSPS) is 19.9. The quantitative estimate of drug-likeness (QED) is 0.644. The van der Waals surface area contributed by atoms with Gasteiger partial charge in [0.15, 0.2) is 0 Å². The molecule has 2 unspecified atom stereocenters. The summed E-state index contributed by atoms with van der Waals surface area (Å²) >= 11 is 6.23. The Labute approximate surface area is 187 Å². The summed E-state index contributed by atoms with van der Waals surface area (Å²) in [5.74, 6) is -0.738. The van der Waals surface area contributed by atoms with Crippen molar-refractivity contribution in [2.75, 3.05) is 19.6 Å². The van der Waals surface area contributed by atoms with E-state index in [9.17, 15) is 17.6 Å². The molecule has 0 aromatic heterocycles. The summed E-state index contributed by atoms with van der Waals surface area (Å²) in [4.78, 5) is 14.5. The highest BCUT2D eigenvalue weighted by molar-refractivity contribution is 7.89. The summed E-state index contributed by atoms with van der Waals surface area (Å²) in [6, 6.07) is 10.3. The lowest BCUT2D eigenvalue weighted by atomic mass is 10.1. The van der Waals surface area contributed by atoms with Gasteiger partial charge in [-0.2, -0.15) is 4.31 Å². The van der Waals surface area contributed by atoms with Crippen molar-refractivity contribution >= 4 is 27.5 Å². The predicted octanol–water partition coefficient (Wildman–Crippen LogP) is 3.94. The molecule has 2 atom stereocenters. The fourth-order valence-corrected chi connectivity index (χ4v) is 5.76. The Morgan fingerprint density at radius 3 is 2.48 bits per heavy atom. The lowest BCUT2D eigenvalue weighted by molar-refractivity contribution is -0.0440. The van der Waals surface area contributed by atoms with Crippen LogP contribution in [-0.4, -0.2) is 55.4 Å². The highest BCUT2D eigenvalue weighted by Gasteiger charge is 2.34. The van der Waals surface area contributed by atoms with E-state index in [0.29, 0.717) is 12.1 Å². The number of nitrogens with zero attached hydrogens (tertiary/aromatic N) is 2. The van der Waals surface area contributed by atoms with Crippen molar-refractivity contribution in [3.8, 4) is 0 Å². The largest absolute Gasteiger partial charge is 0.373 e. The molecule has 1 saturated heterocycles. The van der Waals surface area contributed by atoms with Gasteiger partial charge >= 0.3 is 0 Å². The minimum Gasteiger partial charge on any atom is -0.373 e. The molecule has 1 aliphatic rings. The van der Waals surface area contributed by atoms with Gasteiger partial charge < -0.3 is 9.64 Å². The molecule has 0 aliphatic carbocycles. The predicted molar refractivity (Wildman–Crippen MR) is 117 cm³/mol. The Hall–Kier alpha value is -2.00. The highest BCUT2D eigenvalue weighted by Crippen LogP contribution is 2.28. The molecular formula is C22H26ClFN2O4S. The van der Waals surface area contributed by atoms with Crippen LogP contribution in [0.3, 0.4) is 0 Å². The van der Waals surface area contributed by atoms with E-state index in [1.807, 2.05) is 13.8 Å². The van der Waals surface area contributed by atoms with Crippen LogP contribution in [0.15, 0.2) is 47.4 Å². The van der Waals surface area contributed by atoms with Crippen LogP contribution in [0.2, 0.25) is 5.02 Å². The highest BCUT2D eigenvalue weighted by atomic mass is 35.5. The number of morpholine rings is 1. The van der Waals surface area contributed by atoms with Crippen LogP contribution >= 0.6 is 11.6 Å². The van der Waals surface area contributed by atoms with Gasteiger partial charge in [-0.05, 0) is 56.7 Å². The smallest absolute Gasteiger partial charge is 0.254 e. The monoisotopic (exact) mass is 468 g/mol. The van der Waals surface area contributed by atoms with Gasteiger partial charge in [0.05, 0.1) is 17.2 Å². The van der Waals surface area contributed by atoms with Crippen LogP contribution in [0.25, 0.3) is 0 Å². The fraction of sp³-hybridized carbons (Fsp3) is 0.409. The van der Waals surface area contributed by atoms with Gasteiger partial charge in [-0.15, -0.1) is 0 Å². The summed E-state index contributed by atoms with van der Waals surface area (Å²) in [7, 11) is -3.91. The van der Waals surface area contributed by atoms with Crippen LogP contribution in [0, 0.1) is 5.82 Å². The van der Waals surface area contributed by atoms with Gasteiger partial charge in [0.25, 0.3) is 5.91 Å². The van der Waals surface area contributed by atoms with Crippen LogP contribution in [0.1, 0.15) is 36.7 Å². The van der Waals surface area contributed by atoms with E-state index in [2.05, 4.69) is 0 Å². The van der Waals surface area contributed by atoms with Crippen molar-refractivity contribution in [3.05, 3.63) is 64.4 Å². The third-order valence-electron chi connectivity index (χ3n) is 5.11. The zero-order valence-electron chi connectivity index (χ0n) is 17.7. The first-order valence-electron chi connectivity index (χ1n) is 10.1. The summed E-state index contributed by atoms with van der Waals surface area (Å²) in [6.45, 7) is 6.43. The SMILES string of the molecule is CCN(Cc1cccc(F)c1)C(=O)c1ccc(Cl)c(S(=O)(=O)N2CC(C)OC(C)C2)c1. The average molecular weight is 469 g/mol. The number of halogens is 2. The van der Waals surface area contributed by atoms with Gasteiger partial charge in [-0.25, -0.2) is 12.8 Å². The number of amides is 1. The number of ether oxygens (including phenoxy) is 1. The molecule has 0 spiro atoms. The molecule has 6 nitrogen and oxygen atoms in total. The fourth-order valence-electron chi connectivity index (χ4n) is 3.67. The van der Waals surface area contributed by atoms with Crippen molar-refractivity contribution in [1.29, 1.82) is 0 Å². The molecular weight excluding hydrogens is 443 g/mol. The third-order valence-corrected chi connectivity index (χ3v) is 7.43. The van der Waals surface area contributed by atoms with Gasteiger partial charge in [-0.1, -0.05) is 23.7 Å². The Kier molecular flexibility index (Phi) is 7.36. The minimum atomic E-state index is -3.91. The third kappa shape index (κ3) is 5.44. The molecule has 1 aliphatic heterocycles. The molecule has 0 radical (unpaired) electrons. The second kappa shape index (κ2) is 9.65. The maximum Gasteiger partial charge on any atom is 0.254 e. The van der Waals surface area contributed by atoms with Crippen molar-refractivity contribution in [1.82, 2.24) is 9.21 Å². The van der Waals surface area contributed by atoms with E-state index in [-0.39, 0.29) is 59.0 Å². The van der Waals surface area contributed by atoms with Crippen molar-refractivity contribution < 1.29 is 22.3 Å². The van der Waals surface area contributed by atoms with E-state index < -0.39 is 10.0 Å². The molecule has 168 valence electrons. The Bertz CT molecular complexity index is 1050. The number of benzene rings is 2. The maximum absolute atomic E-state index is 13.5. The summed E-state index contributed by atoms with van der Waals surface area (Å²) in [5, 5.41) is 0.0523. The number of carbonyl (C=O) groups is 1. The van der Waals surface area contributed by atoms with E-state index >= 15 is 0 Å². The summed E-state index contributed by atoms with van der Waals surface area (Å²) in [5.41, 5.74) is 0.851. The summed E-state index contributed by atoms with van der Waals surface area (Å²) < 4.78 is 47.0. The van der Waals surface area contributed by atoms with Crippen LogP contribution < -0.4 is 0 Å². The van der Waals surface area contributed by atoms with E-state index in [0.717, 1.165) is 0 Å². The molecule has 1 fully saturated rings. The van der Waals surface area contributed by atoms with Crippen LogP contribution in [-0.2, 0) is 21.3 Å². The van der Waals surface area contributed by atoms with Crippen LogP contribution in [0.5, 0.6) is 0 Å². The van der Waals surface area contributed by atoms with Gasteiger partial charge in [0, 0.05) is 31.7 Å². The molecule has 1 amide bonds. The zero-order chi connectivity index (χ0) is 22.8. The topological polar surface area (TPSA) is 66.9 Å².